The fourth-order valence-corrected chi connectivity index (χ4v) is 6.68. The van der Waals surface area contributed by atoms with Gasteiger partial charge in [-0.25, -0.2) is 9.37 Å². The number of nitrogen functional groups attached to an aromatic ring is 1. The van der Waals surface area contributed by atoms with E-state index in [0.29, 0.717) is 42.9 Å². The van der Waals surface area contributed by atoms with Crippen molar-refractivity contribution < 1.29 is 9.18 Å². The lowest BCUT2D eigenvalue weighted by atomic mass is 9.94. The second kappa shape index (κ2) is 12.6. The predicted molar refractivity (Wildman–Crippen MR) is 179 cm³/mol. The van der Waals surface area contributed by atoms with Crippen molar-refractivity contribution in [2.45, 2.75) is 26.8 Å². The van der Waals surface area contributed by atoms with Gasteiger partial charge in [-0.15, -0.1) is 0 Å². The summed E-state index contributed by atoms with van der Waals surface area (Å²) in [5.74, 6) is -1.20. The minimum Gasteiger partial charge on any atom is -0.396 e. The van der Waals surface area contributed by atoms with Gasteiger partial charge in [-0.05, 0) is 42.8 Å². The van der Waals surface area contributed by atoms with E-state index < -0.39 is 16.4 Å². The largest absolute Gasteiger partial charge is 0.396 e. The van der Waals surface area contributed by atoms with E-state index in [9.17, 15) is 14.9 Å². The van der Waals surface area contributed by atoms with Crippen molar-refractivity contribution in [1.29, 1.82) is 5.26 Å². The summed E-state index contributed by atoms with van der Waals surface area (Å²) in [7, 11) is 0. The lowest BCUT2D eigenvalue weighted by molar-refractivity contribution is -0.126. The highest BCUT2D eigenvalue weighted by atomic mass is 35.5. The molecule has 1 aromatic carbocycles. The van der Waals surface area contributed by atoms with Crippen molar-refractivity contribution in [3.05, 3.63) is 78.4 Å². The van der Waals surface area contributed by atoms with E-state index in [2.05, 4.69) is 18.0 Å². The lowest BCUT2D eigenvalue weighted by Gasteiger charge is -2.37. The van der Waals surface area contributed by atoms with Crippen LogP contribution in [0.15, 0.2) is 41.4 Å². The number of anilines is 2. The Labute approximate surface area is 278 Å². The van der Waals surface area contributed by atoms with E-state index in [4.69, 9.17) is 57.1 Å². The van der Waals surface area contributed by atoms with Crippen molar-refractivity contribution in [3.63, 3.8) is 0 Å². The number of hydrogen-bond donors (Lipinski definition) is 2. The second-order valence-electron chi connectivity index (χ2n) is 11.0. The van der Waals surface area contributed by atoms with Crippen LogP contribution in [-0.4, -0.2) is 52.6 Å². The Morgan fingerprint density at radius 2 is 1.87 bits per heavy atom. The number of carbonyl (C=O) groups is 1. The first-order valence-electron chi connectivity index (χ1n) is 13.9. The number of nitrogens with zero attached hydrogens (tertiary/aromatic N) is 5. The third-order valence-electron chi connectivity index (χ3n) is 8.02. The molecule has 45 heavy (non-hydrogen) atoms. The highest BCUT2D eigenvalue weighted by molar-refractivity contribution is 6.47. The molecule has 2 aliphatic heterocycles. The molecule has 2 aromatic heterocycles. The Morgan fingerprint density at radius 3 is 2.47 bits per heavy atom. The average molecular weight is 691 g/mol. The highest BCUT2D eigenvalue weighted by Crippen LogP contribution is 2.46. The number of nitrogens with two attached hydrogens (primary N) is 1. The molecule has 1 atom stereocenters. The number of nitriles is 1. The van der Waals surface area contributed by atoms with Crippen molar-refractivity contribution in [2.75, 3.05) is 36.8 Å². The topological polar surface area (TPSA) is 120 Å². The fraction of sp³-hybridized carbons (Fsp3) is 0.290. The molecule has 9 nitrogen and oxygen atoms in total. The van der Waals surface area contributed by atoms with Gasteiger partial charge in [-0.1, -0.05) is 66.8 Å². The molecule has 0 saturated carbocycles. The quantitative estimate of drug-likeness (QED) is 0.136. The number of carbonyl (C=O) groups excluding carboxylic acids is 1. The number of benzene rings is 1. The number of dihydropyridines is 1. The van der Waals surface area contributed by atoms with E-state index >= 15 is 4.39 Å². The first kappa shape index (κ1) is 32.6. The van der Waals surface area contributed by atoms with Crippen molar-refractivity contribution >= 4 is 80.4 Å². The third kappa shape index (κ3) is 5.42. The molecule has 0 aliphatic carbocycles. The summed E-state index contributed by atoms with van der Waals surface area (Å²) in [5, 5.41) is 13.1. The first-order valence-corrected chi connectivity index (χ1v) is 15.5. The Hall–Kier alpha value is -3.75. The predicted octanol–water partition coefficient (Wildman–Crippen LogP) is 6.48. The SMILES string of the molecule is C=CC(=O)N1CCN(c2c(C#N)c(=O)n(C3=C(C)C=CN[C@@H]3C(C)C)c3nc(-c4c(F)c(Cl)c(Cl)c(N)c4Cl)c(Cl)cc23)CC1. The molecular weight excluding hydrogens is 663 g/mol. The molecule has 5 rings (SSSR count). The zero-order chi connectivity index (χ0) is 32.9. The van der Waals surface area contributed by atoms with Gasteiger partial charge in [-0.2, -0.15) is 5.26 Å². The second-order valence-corrected chi connectivity index (χ2v) is 12.6. The minimum absolute atomic E-state index is 0.0102. The number of amides is 1. The van der Waals surface area contributed by atoms with Crippen LogP contribution in [0.25, 0.3) is 28.0 Å². The summed E-state index contributed by atoms with van der Waals surface area (Å²) in [6, 6.07) is 3.29. The zero-order valence-corrected chi connectivity index (χ0v) is 27.5. The number of halogens is 5. The van der Waals surface area contributed by atoms with Gasteiger partial charge in [0, 0.05) is 31.6 Å². The van der Waals surface area contributed by atoms with Crippen LogP contribution < -0.4 is 21.5 Å². The molecule has 1 saturated heterocycles. The van der Waals surface area contributed by atoms with Gasteiger partial charge in [0.1, 0.15) is 17.3 Å². The van der Waals surface area contributed by atoms with Gasteiger partial charge >= 0.3 is 0 Å². The number of hydrogen-bond acceptors (Lipinski definition) is 7. The molecule has 4 heterocycles. The number of pyridine rings is 2. The van der Waals surface area contributed by atoms with E-state index in [1.807, 2.05) is 31.7 Å². The standard InChI is InChI=1S/C31H28Cl4FN7O2/c1-5-19(44)41-8-10-42(11-9-41)29-16-12-18(32)27(20-21(33)25(38)23(35)22(34)24(20)36)40-30(16)43(31(45)17(29)13-37)28-15(4)6-7-39-26(28)14(2)3/h5-7,12,14,26,39H,1,8-11,38H2,2-4H3/t26-/m1/s1. The van der Waals surface area contributed by atoms with Crippen LogP contribution in [0.3, 0.4) is 0 Å². The van der Waals surface area contributed by atoms with Crippen molar-refractivity contribution in [3.8, 4) is 17.3 Å². The number of rotatable bonds is 5. The van der Waals surface area contributed by atoms with Gasteiger partial charge < -0.3 is 20.9 Å². The van der Waals surface area contributed by atoms with Crippen molar-refractivity contribution in [1.82, 2.24) is 19.8 Å². The van der Waals surface area contributed by atoms with Crippen molar-refractivity contribution in [2.24, 2.45) is 5.92 Å². The molecule has 3 aromatic rings. The van der Waals surface area contributed by atoms with Crippen LogP contribution in [0.5, 0.6) is 0 Å². The Bertz CT molecular complexity index is 1910. The zero-order valence-electron chi connectivity index (χ0n) is 24.5. The number of aromatic nitrogens is 2. The molecule has 0 bridgehead atoms. The Morgan fingerprint density at radius 1 is 1.20 bits per heavy atom. The minimum atomic E-state index is -0.988. The maximum atomic E-state index is 15.7. The molecule has 0 radical (unpaired) electrons. The summed E-state index contributed by atoms with van der Waals surface area (Å²) in [6.07, 6.45) is 4.85. The van der Waals surface area contributed by atoms with E-state index in [0.717, 1.165) is 5.57 Å². The van der Waals surface area contributed by atoms with E-state index in [1.54, 1.807) is 11.1 Å². The number of fused-ring (bicyclic) bond motifs is 1. The number of nitrogens with one attached hydrogen (secondary N) is 1. The molecule has 3 N–H and O–H groups in total. The highest BCUT2D eigenvalue weighted by Gasteiger charge is 2.33. The molecule has 14 heteroatoms. The Balaban J connectivity index is 1.90. The lowest BCUT2D eigenvalue weighted by Crippen LogP contribution is -2.49. The smallest absolute Gasteiger partial charge is 0.276 e. The van der Waals surface area contributed by atoms with E-state index in [1.165, 1.54) is 16.7 Å². The monoisotopic (exact) mass is 689 g/mol. The maximum Gasteiger partial charge on any atom is 0.276 e. The van der Waals surface area contributed by atoms with Crippen LogP contribution in [-0.2, 0) is 4.79 Å². The fourth-order valence-electron chi connectivity index (χ4n) is 5.75. The molecule has 0 unspecified atom stereocenters. The van der Waals surface area contributed by atoms with Crippen LogP contribution in [0.4, 0.5) is 15.8 Å². The van der Waals surface area contributed by atoms with Gasteiger partial charge in [0.15, 0.2) is 5.82 Å². The summed E-state index contributed by atoms with van der Waals surface area (Å²) in [5.41, 5.74) is 6.46. The normalized spacial score (nSPS) is 16.8. The summed E-state index contributed by atoms with van der Waals surface area (Å²) < 4.78 is 17.1. The van der Waals surface area contributed by atoms with Gasteiger partial charge in [0.2, 0.25) is 5.91 Å². The number of allylic oxidation sites excluding steroid dienone is 2. The molecule has 2 aliphatic rings. The van der Waals surface area contributed by atoms with Gasteiger partial charge in [0.05, 0.1) is 54.5 Å². The van der Waals surface area contributed by atoms with Crippen LogP contribution >= 0.6 is 46.4 Å². The third-order valence-corrected chi connectivity index (χ3v) is 9.54. The Kier molecular flexibility index (Phi) is 9.11. The molecular formula is C31H28Cl4FN7O2. The summed E-state index contributed by atoms with van der Waals surface area (Å²) in [6.45, 7) is 10.7. The average Bonchev–Trinajstić information content (AvgIpc) is 3.02. The van der Waals surface area contributed by atoms with Crippen LogP contribution in [0.1, 0.15) is 26.3 Å². The first-order chi connectivity index (χ1) is 21.3. The summed E-state index contributed by atoms with van der Waals surface area (Å²) in [4.78, 5) is 35.0. The van der Waals surface area contributed by atoms with Crippen LogP contribution in [0, 0.1) is 23.1 Å². The molecule has 0 spiro atoms. The molecule has 1 fully saturated rings. The molecule has 234 valence electrons. The number of piperazine rings is 1. The van der Waals surface area contributed by atoms with E-state index in [-0.39, 0.29) is 61.1 Å². The van der Waals surface area contributed by atoms with Gasteiger partial charge in [-0.3, -0.25) is 14.2 Å². The summed E-state index contributed by atoms with van der Waals surface area (Å²) >= 11 is 25.6. The maximum absolute atomic E-state index is 15.7. The molecule has 1 amide bonds. The van der Waals surface area contributed by atoms with Gasteiger partial charge in [0.25, 0.3) is 5.56 Å². The van der Waals surface area contributed by atoms with Crippen LogP contribution in [0.2, 0.25) is 20.1 Å².